The lowest BCUT2D eigenvalue weighted by Crippen LogP contribution is -2.50. The van der Waals surface area contributed by atoms with Crippen molar-refractivity contribution in [2.45, 2.75) is 0 Å². The molecule has 0 spiro atoms. The van der Waals surface area contributed by atoms with Crippen LogP contribution in [0, 0.1) is 5.82 Å². The Labute approximate surface area is 187 Å². The Morgan fingerprint density at radius 2 is 1.68 bits per heavy atom. The van der Waals surface area contributed by atoms with Gasteiger partial charge in [0.15, 0.2) is 0 Å². The average molecular weight is 486 g/mol. The topological polar surface area (TPSA) is 70.5 Å². The van der Waals surface area contributed by atoms with E-state index in [0.717, 1.165) is 10.2 Å². The molecule has 1 fully saturated rings. The molecule has 0 bridgehead atoms. The molecule has 1 aromatic heterocycles. The molecular formula is C22H21BrFN5O2. The second-order valence-electron chi connectivity index (χ2n) is 7.27. The van der Waals surface area contributed by atoms with Crippen molar-refractivity contribution in [3.05, 3.63) is 76.8 Å². The van der Waals surface area contributed by atoms with Crippen LogP contribution < -0.4 is 5.32 Å². The minimum absolute atomic E-state index is 0.0244. The van der Waals surface area contributed by atoms with E-state index in [-0.39, 0.29) is 24.2 Å². The Hall–Kier alpha value is -3.04. The van der Waals surface area contributed by atoms with Gasteiger partial charge in [-0.25, -0.2) is 9.07 Å². The van der Waals surface area contributed by atoms with Crippen LogP contribution >= 0.6 is 15.9 Å². The molecule has 3 aromatic rings. The van der Waals surface area contributed by atoms with E-state index in [4.69, 9.17) is 0 Å². The third kappa shape index (κ3) is 5.36. The zero-order valence-electron chi connectivity index (χ0n) is 16.7. The molecule has 1 aliphatic heterocycles. The highest BCUT2D eigenvalue weighted by atomic mass is 79.9. The second-order valence-corrected chi connectivity index (χ2v) is 8.19. The minimum Gasteiger partial charge on any atom is -0.336 e. The monoisotopic (exact) mass is 485 g/mol. The quantitative estimate of drug-likeness (QED) is 0.602. The number of carbonyl (C=O) groups is 2. The maximum absolute atomic E-state index is 13.0. The van der Waals surface area contributed by atoms with E-state index in [2.05, 4.69) is 26.3 Å². The van der Waals surface area contributed by atoms with E-state index in [1.165, 1.54) is 24.3 Å². The van der Waals surface area contributed by atoms with Crippen molar-refractivity contribution in [3.63, 3.8) is 0 Å². The molecule has 0 atom stereocenters. The first kappa shape index (κ1) is 21.2. The van der Waals surface area contributed by atoms with Crippen molar-refractivity contribution in [1.29, 1.82) is 0 Å². The molecule has 31 heavy (non-hydrogen) atoms. The fourth-order valence-electron chi connectivity index (χ4n) is 3.43. The summed E-state index contributed by atoms with van der Waals surface area (Å²) in [6.07, 6.45) is 3.56. The number of nitrogens with one attached hydrogen (secondary N) is 1. The molecular weight excluding hydrogens is 465 g/mol. The van der Waals surface area contributed by atoms with Crippen molar-refractivity contribution in [2.24, 2.45) is 0 Å². The SMILES string of the molecule is O=C(CN1CCN(C(=O)c2ccc(-n3cc(Br)cn3)cc2)CC1)Nc1ccc(F)cc1. The number of benzene rings is 2. The fourth-order valence-corrected chi connectivity index (χ4v) is 3.71. The molecule has 1 aliphatic rings. The molecule has 160 valence electrons. The zero-order valence-corrected chi connectivity index (χ0v) is 18.3. The Balaban J connectivity index is 1.27. The first-order valence-corrected chi connectivity index (χ1v) is 10.6. The first-order chi connectivity index (χ1) is 15.0. The number of anilines is 1. The predicted octanol–water partition coefficient (Wildman–Crippen LogP) is 3.17. The van der Waals surface area contributed by atoms with E-state index in [1.54, 1.807) is 27.9 Å². The van der Waals surface area contributed by atoms with Crippen molar-refractivity contribution >= 4 is 33.4 Å². The first-order valence-electron chi connectivity index (χ1n) is 9.85. The standard InChI is InChI=1S/C22H21BrFN5O2/c23-17-13-25-29(14-17)20-7-1-16(2-8-20)22(31)28-11-9-27(10-12-28)15-21(30)26-19-5-3-18(24)4-6-19/h1-8,13-14H,9-12,15H2,(H,26,30). The van der Waals surface area contributed by atoms with E-state index >= 15 is 0 Å². The van der Waals surface area contributed by atoms with Gasteiger partial charge in [0.1, 0.15) is 5.82 Å². The summed E-state index contributed by atoms with van der Waals surface area (Å²) < 4.78 is 15.6. The molecule has 0 radical (unpaired) electrons. The number of aromatic nitrogens is 2. The molecule has 1 saturated heterocycles. The van der Waals surface area contributed by atoms with Crippen molar-refractivity contribution in [2.75, 3.05) is 38.0 Å². The van der Waals surface area contributed by atoms with Gasteiger partial charge in [-0.05, 0) is 64.5 Å². The third-order valence-corrected chi connectivity index (χ3v) is 5.49. The molecule has 1 N–H and O–H groups in total. The third-order valence-electron chi connectivity index (χ3n) is 5.08. The summed E-state index contributed by atoms with van der Waals surface area (Å²) in [4.78, 5) is 28.8. The number of halogens is 2. The molecule has 4 rings (SSSR count). The lowest BCUT2D eigenvalue weighted by molar-refractivity contribution is -0.117. The smallest absolute Gasteiger partial charge is 0.253 e. The lowest BCUT2D eigenvalue weighted by Gasteiger charge is -2.34. The average Bonchev–Trinajstić information content (AvgIpc) is 3.22. The van der Waals surface area contributed by atoms with Gasteiger partial charge in [-0.15, -0.1) is 0 Å². The maximum Gasteiger partial charge on any atom is 0.253 e. The number of carbonyl (C=O) groups excluding carboxylic acids is 2. The molecule has 9 heteroatoms. The number of hydrogen-bond donors (Lipinski definition) is 1. The Kier molecular flexibility index (Phi) is 6.43. The highest BCUT2D eigenvalue weighted by Crippen LogP contribution is 2.15. The molecule has 2 heterocycles. The van der Waals surface area contributed by atoms with Gasteiger partial charge in [0.05, 0.1) is 22.9 Å². The van der Waals surface area contributed by atoms with Crippen molar-refractivity contribution < 1.29 is 14.0 Å². The summed E-state index contributed by atoms with van der Waals surface area (Å²) in [5.41, 5.74) is 2.06. The van der Waals surface area contributed by atoms with Crippen LogP contribution in [0.5, 0.6) is 0 Å². The van der Waals surface area contributed by atoms with Crippen LogP contribution in [0.15, 0.2) is 65.4 Å². The predicted molar refractivity (Wildman–Crippen MR) is 119 cm³/mol. The second kappa shape index (κ2) is 9.40. The molecule has 0 unspecified atom stereocenters. The Bertz CT molecular complexity index is 1060. The van der Waals surface area contributed by atoms with Crippen LogP contribution in [-0.2, 0) is 4.79 Å². The number of piperazine rings is 1. The summed E-state index contributed by atoms with van der Waals surface area (Å²) in [7, 11) is 0. The van der Waals surface area contributed by atoms with Gasteiger partial charge in [-0.3, -0.25) is 14.5 Å². The van der Waals surface area contributed by atoms with Crippen molar-refractivity contribution in [1.82, 2.24) is 19.6 Å². The molecule has 7 nitrogen and oxygen atoms in total. The van der Waals surface area contributed by atoms with E-state index in [0.29, 0.717) is 37.4 Å². The highest BCUT2D eigenvalue weighted by molar-refractivity contribution is 9.10. The lowest BCUT2D eigenvalue weighted by atomic mass is 10.1. The summed E-state index contributed by atoms with van der Waals surface area (Å²) >= 11 is 3.37. The van der Waals surface area contributed by atoms with Gasteiger partial charge in [-0.1, -0.05) is 0 Å². The van der Waals surface area contributed by atoms with Crippen molar-refractivity contribution in [3.8, 4) is 5.69 Å². The summed E-state index contributed by atoms with van der Waals surface area (Å²) in [5, 5.41) is 6.99. The minimum atomic E-state index is -0.345. The molecule has 0 aliphatic carbocycles. The molecule has 2 aromatic carbocycles. The summed E-state index contributed by atoms with van der Waals surface area (Å²) in [6.45, 7) is 2.56. The zero-order chi connectivity index (χ0) is 21.8. The molecule has 2 amide bonds. The molecule has 0 saturated carbocycles. The normalized spacial score (nSPS) is 14.5. The Morgan fingerprint density at radius 3 is 2.29 bits per heavy atom. The van der Waals surface area contributed by atoms with Crippen LogP contribution in [0.3, 0.4) is 0 Å². The van der Waals surface area contributed by atoms with Gasteiger partial charge < -0.3 is 10.2 Å². The summed E-state index contributed by atoms with van der Waals surface area (Å²) in [5.74, 6) is -0.529. The van der Waals surface area contributed by atoms with Gasteiger partial charge in [-0.2, -0.15) is 5.10 Å². The van der Waals surface area contributed by atoms with Crippen LogP contribution in [0.25, 0.3) is 5.69 Å². The number of amides is 2. The van der Waals surface area contributed by atoms with Gasteiger partial charge in [0.2, 0.25) is 5.91 Å². The van der Waals surface area contributed by atoms with Crippen LogP contribution in [-0.4, -0.2) is 64.1 Å². The fraction of sp³-hybridized carbons (Fsp3) is 0.227. The number of nitrogens with zero attached hydrogens (tertiary/aromatic N) is 4. The van der Waals surface area contributed by atoms with Gasteiger partial charge >= 0.3 is 0 Å². The highest BCUT2D eigenvalue weighted by Gasteiger charge is 2.23. The van der Waals surface area contributed by atoms with Gasteiger partial charge in [0, 0.05) is 43.6 Å². The van der Waals surface area contributed by atoms with Crippen LogP contribution in [0.2, 0.25) is 0 Å². The summed E-state index contributed by atoms with van der Waals surface area (Å²) in [6, 6.07) is 13.0. The Morgan fingerprint density at radius 1 is 1.00 bits per heavy atom. The largest absolute Gasteiger partial charge is 0.336 e. The van der Waals surface area contributed by atoms with Gasteiger partial charge in [0.25, 0.3) is 5.91 Å². The van der Waals surface area contributed by atoms with Crippen LogP contribution in [0.4, 0.5) is 10.1 Å². The van der Waals surface area contributed by atoms with E-state index < -0.39 is 0 Å². The van der Waals surface area contributed by atoms with Crippen LogP contribution in [0.1, 0.15) is 10.4 Å². The number of rotatable bonds is 5. The maximum atomic E-state index is 13.0. The number of hydrogen-bond acceptors (Lipinski definition) is 4. The van der Waals surface area contributed by atoms with E-state index in [1.807, 2.05) is 23.2 Å². The van der Waals surface area contributed by atoms with E-state index in [9.17, 15) is 14.0 Å².